The van der Waals surface area contributed by atoms with Gasteiger partial charge in [0.25, 0.3) is 0 Å². The first-order valence-electron chi connectivity index (χ1n) is 5.95. The molecule has 0 aromatic rings. The van der Waals surface area contributed by atoms with Crippen LogP contribution >= 0.6 is 0 Å². The summed E-state index contributed by atoms with van der Waals surface area (Å²) in [5.41, 5.74) is 4.98. The van der Waals surface area contributed by atoms with Crippen LogP contribution in [0.5, 0.6) is 0 Å². The fourth-order valence-electron chi connectivity index (χ4n) is 2.26. The minimum absolute atomic E-state index is 0.213. The summed E-state index contributed by atoms with van der Waals surface area (Å²) in [6.07, 6.45) is -0.941. The van der Waals surface area contributed by atoms with E-state index < -0.39 is 18.0 Å². The van der Waals surface area contributed by atoms with E-state index in [-0.39, 0.29) is 19.0 Å². The highest BCUT2D eigenvalue weighted by atomic mass is 19.4. The number of nitrogens with two attached hydrogens (primary N) is 1. The molecule has 1 fully saturated rings. The molecule has 0 radical (unpaired) electrons. The van der Waals surface area contributed by atoms with Crippen molar-refractivity contribution in [1.29, 1.82) is 0 Å². The van der Waals surface area contributed by atoms with Crippen LogP contribution in [0.1, 0.15) is 38.5 Å². The third-order valence-corrected chi connectivity index (χ3v) is 3.38. The summed E-state index contributed by atoms with van der Waals surface area (Å²) in [6, 6.07) is 0. The second-order valence-electron chi connectivity index (χ2n) is 4.67. The van der Waals surface area contributed by atoms with Crippen molar-refractivity contribution in [2.24, 2.45) is 11.1 Å². The molecule has 1 saturated carbocycles. The lowest BCUT2D eigenvalue weighted by atomic mass is 9.73. The maximum atomic E-state index is 11.9. The Morgan fingerprint density at radius 1 is 1.24 bits per heavy atom. The minimum atomic E-state index is -4.23. The zero-order valence-electron chi connectivity index (χ0n) is 9.78. The smallest absolute Gasteiger partial charge is 0.355 e. The Balaban J connectivity index is 2.44. The molecule has 0 aliphatic heterocycles. The predicted octanol–water partition coefficient (Wildman–Crippen LogP) is 1.96. The second-order valence-corrected chi connectivity index (χ2v) is 4.67. The largest absolute Gasteiger partial charge is 0.390 e. The number of rotatable bonds is 4. The van der Waals surface area contributed by atoms with E-state index in [9.17, 15) is 18.0 Å². The Labute approximate surface area is 98.9 Å². The van der Waals surface area contributed by atoms with E-state index in [1.807, 2.05) is 0 Å². The number of halogens is 3. The van der Waals surface area contributed by atoms with Gasteiger partial charge in [-0.25, -0.2) is 0 Å². The van der Waals surface area contributed by atoms with Crippen molar-refractivity contribution in [3.8, 4) is 0 Å². The van der Waals surface area contributed by atoms with Gasteiger partial charge in [0.15, 0.2) is 0 Å². The van der Waals surface area contributed by atoms with E-state index in [0.717, 1.165) is 19.3 Å². The number of nitrogens with one attached hydrogen (secondary N) is 1. The third-order valence-electron chi connectivity index (χ3n) is 3.38. The standard InChI is InChI=1S/C11H19F3N2O/c12-11(13,14)6-7-16-9(17)10(8-15)4-2-1-3-5-10/h1-8,15H2,(H,16,17). The molecule has 0 saturated heterocycles. The molecular weight excluding hydrogens is 233 g/mol. The molecule has 1 amide bonds. The highest BCUT2D eigenvalue weighted by Crippen LogP contribution is 2.35. The molecule has 0 spiro atoms. The molecule has 6 heteroatoms. The Kier molecular flexibility index (Phi) is 4.80. The van der Waals surface area contributed by atoms with Crippen LogP contribution in [0.2, 0.25) is 0 Å². The Hall–Kier alpha value is -0.780. The third kappa shape index (κ3) is 4.18. The first kappa shape index (κ1) is 14.3. The molecule has 100 valence electrons. The SMILES string of the molecule is NCC1(C(=O)NCCC(F)(F)F)CCCCC1. The lowest BCUT2D eigenvalue weighted by Gasteiger charge is -2.34. The van der Waals surface area contributed by atoms with Crippen molar-refractivity contribution in [2.45, 2.75) is 44.7 Å². The van der Waals surface area contributed by atoms with E-state index in [1.54, 1.807) is 0 Å². The molecule has 1 aliphatic rings. The van der Waals surface area contributed by atoms with E-state index in [0.29, 0.717) is 12.8 Å². The van der Waals surface area contributed by atoms with Crippen LogP contribution in [-0.2, 0) is 4.79 Å². The van der Waals surface area contributed by atoms with Gasteiger partial charge in [-0.3, -0.25) is 4.79 Å². The molecule has 0 heterocycles. The average Bonchev–Trinajstić information content (AvgIpc) is 2.28. The van der Waals surface area contributed by atoms with E-state index in [1.165, 1.54) is 0 Å². The number of amides is 1. The number of alkyl halides is 3. The number of carbonyl (C=O) groups excluding carboxylic acids is 1. The lowest BCUT2D eigenvalue weighted by molar-refractivity contribution is -0.139. The molecule has 1 aliphatic carbocycles. The van der Waals surface area contributed by atoms with Gasteiger partial charge in [-0.05, 0) is 12.8 Å². The lowest BCUT2D eigenvalue weighted by Crippen LogP contribution is -2.47. The van der Waals surface area contributed by atoms with Gasteiger partial charge in [0.05, 0.1) is 11.8 Å². The summed E-state index contributed by atoms with van der Waals surface area (Å²) in [4.78, 5) is 11.9. The number of hydrogen-bond donors (Lipinski definition) is 2. The van der Waals surface area contributed by atoms with Gasteiger partial charge in [-0.1, -0.05) is 19.3 Å². The van der Waals surface area contributed by atoms with Gasteiger partial charge in [0, 0.05) is 13.1 Å². The summed E-state index contributed by atoms with van der Waals surface area (Å²) in [5.74, 6) is -0.316. The topological polar surface area (TPSA) is 55.1 Å². The number of hydrogen-bond acceptors (Lipinski definition) is 2. The molecular formula is C11H19F3N2O. The van der Waals surface area contributed by atoms with Crippen LogP contribution < -0.4 is 11.1 Å². The van der Waals surface area contributed by atoms with Gasteiger partial charge < -0.3 is 11.1 Å². The monoisotopic (exact) mass is 252 g/mol. The van der Waals surface area contributed by atoms with Gasteiger partial charge >= 0.3 is 6.18 Å². The van der Waals surface area contributed by atoms with Gasteiger partial charge in [-0.2, -0.15) is 13.2 Å². The summed E-state index contributed by atoms with van der Waals surface area (Å²) < 4.78 is 35.8. The Bertz CT molecular complexity index is 260. The highest BCUT2D eigenvalue weighted by molar-refractivity contribution is 5.82. The van der Waals surface area contributed by atoms with Crippen molar-refractivity contribution in [1.82, 2.24) is 5.32 Å². The normalized spacial score (nSPS) is 20.0. The minimum Gasteiger partial charge on any atom is -0.355 e. The molecule has 0 atom stereocenters. The zero-order chi connectivity index (χ0) is 12.9. The molecule has 1 rings (SSSR count). The average molecular weight is 252 g/mol. The molecule has 0 aromatic heterocycles. The van der Waals surface area contributed by atoms with E-state index >= 15 is 0 Å². The van der Waals surface area contributed by atoms with Crippen molar-refractivity contribution in [3.63, 3.8) is 0 Å². The molecule has 0 unspecified atom stereocenters. The summed E-state index contributed by atoms with van der Waals surface area (Å²) in [7, 11) is 0. The summed E-state index contributed by atoms with van der Waals surface area (Å²) in [5, 5.41) is 2.36. The van der Waals surface area contributed by atoms with Gasteiger partial charge in [0.1, 0.15) is 0 Å². The molecule has 0 aromatic carbocycles. The van der Waals surface area contributed by atoms with Crippen LogP contribution in [0.15, 0.2) is 0 Å². The Morgan fingerprint density at radius 3 is 2.29 bits per heavy atom. The van der Waals surface area contributed by atoms with Crippen LogP contribution in [0.3, 0.4) is 0 Å². The number of carbonyl (C=O) groups is 1. The highest BCUT2D eigenvalue weighted by Gasteiger charge is 2.38. The van der Waals surface area contributed by atoms with Crippen molar-refractivity contribution < 1.29 is 18.0 Å². The van der Waals surface area contributed by atoms with Crippen molar-refractivity contribution >= 4 is 5.91 Å². The van der Waals surface area contributed by atoms with Crippen LogP contribution in [-0.4, -0.2) is 25.2 Å². The maximum Gasteiger partial charge on any atom is 0.390 e. The quantitative estimate of drug-likeness (QED) is 0.803. The molecule has 0 bridgehead atoms. The van der Waals surface area contributed by atoms with E-state index in [2.05, 4.69) is 5.32 Å². The fourth-order valence-corrected chi connectivity index (χ4v) is 2.26. The Morgan fingerprint density at radius 2 is 1.82 bits per heavy atom. The summed E-state index contributed by atoms with van der Waals surface area (Å²) >= 11 is 0. The van der Waals surface area contributed by atoms with Gasteiger partial charge in [0.2, 0.25) is 5.91 Å². The first-order chi connectivity index (χ1) is 7.90. The van der Waals surface area contributed by atoms with Gasteiger partial charge in [-0.15, -0.1) is 0 Å². The van der Waals surface area contributed by atoms with Crippen LogP contribution in [0, 0.1) is 5.41 Å². The predicted molar refractivity (Wildman–Crippen MR) is 58.3 cm³/mol. The van der Waals surface area contributed by atoms with E-state index in [4.69, 9.17) is 5.73 Å². The van der Waals surface area contributed by atoms with Crippen LogP contribution in [0.4, 0.5) is 13.2 Å². The van der Waals surface area contributed by atoms with Crippen LogP contribution in [0.25, 0.3) is 0 Å². The zero-order valence-corrected chi connectivity index (χ0v) is 9.78. The molecule has 3 N–H and O–H groups in total. The second kappa shape index (κ2) is 5.71. The summed E-state index contributed by atoms with van der Waals surface area (Å²) in [6.45, 7) is -0.144. The maximum absolute atomic E-state index is 11.9. The molecule has 17 heavy (non-hydrogen) atoms. The van der Waals surface area contributed by atoms with Crippen molar-refractivity contribution in [2.75, 3.05) is 13.1 Å². The fraction of sp³-hybridized carbons (Fsp3) is 0.909. The first-order valence-corrected chi connectivity index (χ1v) is 5.95. The van der Waals surface area contributed by atoms with Crippen molar-refractivity contribution in [3.05, 3.63) is 0 Å². The molecule has 3 nitrogen and oxygen atoms in total.